The monoisotopic (exact) mass is 464 g/mol. The summed E-state index contributed by atoms with van der Waals surface area (Å²) in [4.78, 5) is 23.2. The van der Waals surface area contributed by atoms with Gasteiger partial charge in [0.05, 0.1) is 11.7 Å². The normalized spacial score (nSPS) is 13.1. The molecule has 2 aromatic rings. The molecule has 1 aromatic carbocycles. The van der Waals surface area contributed by atoms with Gasteiger partial charge in [-0.2, -0.15) is 0 Å². The third-order valence-corrected chi connectivity index (χ3v) is 7.51. The molecule has 0 saturated carbocycles. The maximum atomic E-state index is 11.3. The quantitative estimate of drug-likeness (QED) is 0.281. The number of aliphatic hydroxyl groups excluding tert-OH is 1. The van der Waals surface area contributed by atoms with Gasteiger partial charge in [0, 0.05) is 10.6 Å². The number of aryl methyl sites for hydroxylation is 2. The number of aliphatic hydroxyl groups is 1. The highest BCUT2D eigenvalue weighted by Gasteiger charge is 2.30. The van der Waals surface area contributed by atoms with Crippen LogP contribution in [0.3, 0.4) is 0 Å². The molecule has 0 bridgehead atoms. The van der Waals surface area contributed by atoms with Gasteiger partial charge in [-0.1, -0.05) is 56.0 Å². The number of carboxylic acids is 2. The molecule has 0 aliphatic carbocycles. The van der Waals surface area contributed by atoms with Crippen LogP contribution in [0.15, 0.2) is 41.8 Å². The largest absolute Gasteiger partial charge is 0.481 e. The second-order valence-corrected chi connectivity index (χ2v) is 9.87. The van der Waals surface area contributed by atoms with Gasteiger partial charge in [0.1, 0.15) is 0 Å². The van der Waals surface area contributed by atoms with Crippen molar-refractivity contribution in [3.63, 3.8) is 0 Å². The molecule has 3 N–H and O–H groups in total. The van der Waals surface area contributed by atoms with E-state index in [0.717, 1.165) is 36.1 Å². The number of hydrogen-bond acceptors (Lipinski definition) is 5. The molecule has 0 radical (unpaired) electrons. The number of rotatable bonds is 16. The van der Waals surface area contributed by atoms with Gasteiger partial charge in [-0.05, 0) is 48.3 Å². The first kappa shape index (κ1) is 25.4. The molecule has 0 aliphatic heterocycles. The fourth-order valence-electron chi connectivity index (χ4n) is 3.53. The van der Waals surface area contributed by atoms with Crippen molar-refractivity contribution in [2.75, 3.05) is 5.75 Å². The Balaban J connectivity index is 1.73. The Morgan fingerprint density at radius 3 is 2.19 bits per heavy atom. The Kier molecular flexibility index (Phi) is 11.7. The molecule has 31 heavy (non-hydrogen) atoms. The molecule has 0 spiro atoms. The van der Waals surface area contributed by atoms with Crippen LogP contribution in [0.1, 0.15) is 66.2 Å². The second kappa shape index (κ2) is 14.3. The van der Waals surface area contributed by atoms with E-state index in [1.807, 2.05) is 17.5 Å². The van der Waals surface area contributed by atoms with E-state index >= 15 is 0 Å². The van der Waals surface area contributed by atoms with E-state index in [9.17, 15) is 19.8 Å². The van der Waals surface area contributed by atoms with Crippen molar-refractivity contribution < 1.29 is 24.9 Å². The van der Waals surface area contributed by atoms with E-state index in [1.165, 1.54) is 43.0 Å². The maximum absolute atomic E-state index is 11.3. The number of hydrogen-bond donors (Lipinski definition) is 3. The first-order valence-corrected chi connectivity index (χ1v) is 12.8. The maximum Gasteiger partial charge on any atom is 0.334 e. The van der Waals surface area contributed by atoms with E-state index in [-0.39, 0.29) is 12.2 Å². The van der Waals surface area contributed by atoms with Gasteiger partial charge in [0.25, 0.3) is 0 Å². The van der Waals surface area contributed by atoms with Gasteiger partial charge in [-0.15, -0.1) is 23.1 Å². The molecule has 5 nitrogen and oxygen atoms in total. The standard InChI is InChI=1S/C24H32O5S2/c25-21(26)15-17-31-23(22(27)24(28)29)19-14-16-30-20(19)13-9-4-2-1-3-6-10-18-11-7-5-8-12-18/h5,7-8,11-12,14,16,22-23,27H,1-4,6,9-10,13,15,17H2,(H,25,26)(H,28,29). The predicted octanol–water partition coefficient (Wildman–Crippen LogP) is 5.57. The number of carboxylic acid groups (broad SMARTS) is 2. The number of unbranched alkanes of at least 4 members (excludes halogenated alkanes) is 5. The Morgan fingerprint density at radius 2 is 1.55 bits per heavy atom. The highest BCUT2D eigenvalue weighted by Crippen LogP contribution is 2.38. The minimum atomic E-state index is -1.54. The molecule has 1 aromatic heterocycles. The summed E-state index contributed by atoms with van der Waals surface area (Å²) in [5, 5.41) is 29.6. The summed E-state index contributed by atoms with van der Waals surface area (Å²) in [6.07, 6.45) is 7.38. The molecule has 7 heteroatoms. The highest BCUT2D eigenvalue weighted by molar-refractivity contribution is 7.99. The van der Waals surface area contributed by atoms with Crippen LogP contribution in [0.25, 0.3) is 0 Å². The zero-order valence-corrected chi connectivity index (χ0v) is 19.4. The summed E-state index contributed by atoms with van der Waals surface area (Å²) < 4.78 is 0. The van der Waals surface area contributed by atoms with Crippen molar-refractivity contribution in [3.05, 3.63) is 57.8 Å². The van der Waals surface area contributed by atoms with E-state index < -0.39 is 23.3 Å². The summed E-state index contributed by atoms with van der Waals surface area (Å²) in [7, 11) is 0. The summed E-state index contributed by atoms with van der Waals surface area (Å²) in [6, 6.07) is 12.4. The predicted molar refractivity (Wildman–Crippen MR) is 127 cm³/mol. The van der Waals surface area contributed by atoms with Crippen molar-refractivity contribution in [3.8, 4) is 0 Å². The average molecular weight is 465 g/mol. The van der Waals surface area contributed by atoms with Crippen LogP contribution < -0.4 is 0 Å². The summed E-state index contributed by atoms with van der Waals surface area (Å²) in [5.41, 5.74) is 2.23. The van der Waals surface area contributed by atoms with Crippen LogP contribution >= 0.6 is 23.1 Å². The average Bonchev–Trinajstić information content (AvgIpc) is 3.21. The van der Waals surface area contributed by atoms with Gasteiger partial charge < -0.3 is 15.3 Å². The van der Waals surface area contributed by atoms with Gasteiger partial charge >= 0.3 is 11.9 Å². The third kappa shape index (κ3) is 9.46. The van der Waals surface area contributed by atoms with E-state index in [4.69, 9.17) is 5.11 Å². The minimum Gasteiger partial charge on any atom is -0.481 e. The minimum absolute atomic E-state index is 0.0583. The Bertz CT molecular complexity index is 790. The Hall–Kier alpha value is -1.83. The number of aliphatic carboxylic acids is 2. The van der Waals surface area contributed by atoms with E-state index in [1.54, 1.807) is 11.3 Å². The molecule has 2 rings (SSSR count). The lowest BCUT2D eigenvalue weighted by Crippen LogP contribution is -2.26. The number of benzene rings is 1. The molecular weight excluding hydrogens is 432 g/mol. The SMILES string of the molecule is O=C(O)CCSC(c1ccsc1CCCCCCCCc1ccccc1)C(O)C(=O)O. The topological polar surface area (TPSA) is 94.8 Å². The molecule has 0 aliphatic rings. The zero-order valence-electron chi connectivity index (χ0n) is 17.7. The fourth-order valence-corrected chi connectivity index (χ4v) is 5.82. The van der Waals surface area contributed by atoms with Crippen LogP contribution in [0.2, 0.25) is 0 Å². The highest BCUT2D eigenvalue weighted by atomic mass is 32.2. The number of thioether (sulfide) groups is 1. The summed E-state index contributed by atoms with van der Waals surface area (Å²) in [6.45, 7) is 0. The van der Waals surface area contributed by atoms with Crippen molar-refractivity contribution in [2.24, 2.45) is 0 Å². The Morgan fingerprint density at radius 1 is 0.903 bits per heavy atom. The van der Waals surface area contributed by atoms with Gasteiger partial charge in [0.15, 0.2) is 6.10 Å². The molecule has 0 fully saturated rings. The second-order valence-electron chi connectivity index (χ2n) is 7.62. The van der Waals surface area contributed by atoms with Crippen molar-refractivity contribution >= 4 is 35.0 Å². The van der Waals surface area contributed by atoms with Crippen LogP contribution in [0.4, 0.5) is 0 Å². The summed E-state index contributed by atoms with van der Waals surface area (Å²) in [5.74, 6) is -1.94. The smallest absolute Gasteiger partial charge is 0.334 e. The molecule has 0 amide bonds. The lowest BCUT2D eigenvalue weighted by Gasteiger charge is -2.20. The number of carbonyl (C=O) groups is 2. The van der Waals surface area contributed by atoms with Gasteiger partial charge in [-0.25, -0.2) is 4.79 Å². The first-order chi connectivity index (χ1) is 15.0. The zero-order chi connectivity index (χ0) is 22.5. The van der Waals surface area contributed by atoms with Crippen molar-refractivity contribution in [1.82, 2.24) is 0 Å². The van der Waals surface area contributed by atoms with Crippen LogP contribution in [0, 0.1) is 0 Å². The van der Waals surface area contributed by atoms with E-state index in [2.05, 4.69) is 24.3 Å². The fraction of sp³-hybridized carbons (Fsp3) is 0.500. The molecule has 1 heterocycles. The van der Waals surface area contributed by atoms with Gasteiger partial charge in [0.2, 0.25) is 0 Å². The Labute approximate surface area is 192 Å². The van der Waals surface area contributed by atoms with Crippen molar-refractivity contribution in [1.29, 1.82) is 0 Å². The van der Waals surface area contributed by atoms with Crippen molar-refractivity contribution in [2.45, 2.75) is 69.1 Å². The molecule has 2 atom stereocenters. The van der Waals surface area contributed by atoms with Crippen LogP contribution in [0.5, 0.6) is 0 Å². The van der Waals surface area contributed by atoms with Crippen LogP contribution in [-0.2, 0) is 22.4 Å². The summed E-state index contributed by atoms with van der Waals surface area (Å²) >= 11 is 2.79. The molecule has 0 saturated heterocycles. The molecular formula is C24H32O5S2. The molecule has 2 unspecified atom stereocenters. The lowest BCUT2D eigenvalue weighted by atomic mass is 10.0. The number of thiophene rings is 1. The van der Waals surface area contributed by atoms with Gasteiger partial charge in [-0.3, -0.25) is 4.79 Å². The van der Waals surface area contributed by atoms with Crippen LogP contribution in [-0.4, -0.2) is 39.1 Å². The molecule has 170 valence electrons. The third-order valence-electron chi connectivity index (χ3n) is 5.20. The van der Waals surface area contributed by atoms with E-state index in [0.29, 0.717) is 0 Å². The lowest BCUT2D eigenvalue weighted by molar-refractivity contribution is -0.146. The first-order valence-electron chi connectivity index (χ1n) is 10.8.